The van der Waals surface area contributed by atoms with E-state index in [0.29, 0.717) is 22.8 Å². The van der Waals surface area contributed by atoms with Gasteiger partial charge in [0.15, 0.2) is 5.82 Å². The molecule has 0 saturated carbocycles. The van der Waals surface area contributed by atoms with E-state index in [-0.39, 0.29) is 5.91 Å². The number of nitrogens with zero attached hydrogens (tertiary/aromatic N) is 4. The summed E-state index contributed by atoms with van der Waals surface area (Å²) in [7, 11) is 1.77. The number of rotatable bonds is 3. The molecule has 3 aromatic rings. The van der Waals surface area contributed by atoms with E-state index in [0.717, 1.165) is 16.9 Å². The van der Waals surface area contributed by atoms with E-state index in [1.807, 2.05) is 38.1 Å². The van der Waals surface area contributed by atoms with Gasteiger partial charge in [0.2, 0.25) is 0 Å². The van der Waals surface area contributed by atoms with Crippen LogP contribution in [0.4, 0.5) is 5.69 Å². The van der Waals surface area contributed by atoms with Crippen LogP contribution in [0.3, 0.4) is 0 Å². The zero-order valence-corrected chi connectivity index (χ0v) is 13.4. The predicted molar refractivity (Wildman–Crippen MR) is 85.1 cm³/mol. The average Bonchev–Trinajstić information content (AvgIpc) is 3.03. The maximum absolute atomic E-state index is 12.5. The smallest absolute Gasteiger partial charge is 0.259 e. The minimum atomic E-state index is -0.190. The molecule has 118 valence electrons. The SMILES string of the molecule is Cc1oc(C)c(C(=O)Nc2cccc(-c3nnnn3C)c2)c1C. The van der Waals surface area contributed by atoms with Gasteiger partial charge in [-0.05, 0) is 43.3 Å². The Balaban J connectivity index is 1.89. The van der Waals surface area contributed by atoms with Crippen molar-refractivity contribution in [1.29, 1.82) is 0 Å². The highest BCUT2D eigenvalue weighted by Crippen LogP contribution is 2.24. The molecule has 0 aliphatic carbocycles. The summed E-state index contributed by atoms with van der Waals surface area (Å²) in [5.74, 6) is 1.82. The van der Waals surface area contributed by atoms with Gasteiger partial charge >= 0.3 is 0 Å². The fourth-order valence-electron chi connectivity index (χ4n) is 2.53. The van der Waals surface area contributed by atoms with Crippen molar-refractivity contribution in [3.63, 3.8) is 0 Å². The van der Waals surface area contributed by atoms with Crippen LogP contribution in [0.1, 0.15) is 27.4 Å². The van der Waals surface area contributed by atoms with E-state index in [1.54, 1.807) is 18.7 Å². The molecule has 23 heavy (non-hydrogen) atoms. The van der Waals surface area contributed by atoms with Gasteiger partial charge in [0.05, 0.1) is 5.56 Å². The number of amides is 1. The molecule has 0 radical (unpaired) electrons. The number of benzene rings is 1. The highest BCUT2D eigenvalue weighted by Gasteiger charge is 2.18. The highest BCUT2D eigenvalue weighted by atomic mass is 16.3. The monoisotopic (exact) mass is 311 g/mol. The number of anilines is 1. The van der Waals surface area contributed by atoms with Gasteiger partial charge in [-0.1, -0.05) is 12.1 Å². The van der Waals surface area contributed by atoms with Crippen molar-refractivity contribution in [3.05, 3.63) is 46.9 Å². The van der Waals surface area contributed by atoms with Crippen LogP contribution >= 0.6 is 0 Å². The maximum atomic E-state index is 12.5. The third-order valence-electron chi connectivity index (χ3n) is 3.79. The van der Waals surface area contributed by atoms with Gasteiger partial charge < -0.3 is 9.73 Å². The van der Waals surface area contributed by atoms with Gasteiger partial charge in [-0.25, -0.2) is 4.68 Å². The molecule has 1 aromatic carbocycles. The highest BCUT2D eigenvalue weighted by molar-refractivity contribution is 6.06. The van der Waals surface area contributed by atoms with Crippen molar-refractivity contribution in [3.8, 4) is 11.4 Å². The molecule has 7 nitrogen and oxygen atoms in total. The summed E-state index contributed by atoms with van der Waals surface area (Å²) in [5.41, 5.74) is 2.93. The lowest BCUT2D eigenvalue weighted by molar-refractivity contribution is 0.102. The topological polar surface area (TPSA) is 85.8 Å². The first-order valence-electron chi connectivity index (χ1n) is 7.18. The lowest BCUT2D eigenvalue weighted by Crippen LogP contribution is -2.13. The Morgan fingerprint density at radius 3 is 2.61 bits per heavy atom. The number of nitrogens with one attached hydrogen (secondary N) is 1. The number of carbonyl (C=O) groups is 1. The summed E-state index contributed by atoms with van der Waals surface area (Å²) in [6, 6.07) is 7.39. The standard InChI is InChI=1S/C16H17N5O2/c1-9-10(2)23-11(3)14(9)16(22)17-13-7-5-6-12(8-13)15-18-19-20-21(15)4/h5-8H,1-4H3,(H,17,22). The van der Waals surface area contributed by atoms with Gasteiger partial charge in [-0.3, -0.25) is 4.79 Å². The van der Waals surface area contributed by atoms with E-state index in [9.17, 15) is 4.79 Å². The summed E-state index contributed by atoms with van der Waals surface area (Å²) in [6.07, 6.45) is 0. The fourth-order valence-corrected chi connectivity index (χ4v) is 2.53. The van der Waals surface area contributed by atoms with Crippen LogP contribution in [0.25, 0.3) is 11.4 Å². The number of carbonyl (C=O) groups excluding carboxylic acids is 1. The Hall–Kier alpha value is -2.96. The zero-order chi connectivity index (χ0) is 16.6. The predicted octanol–water partition coefficient (Wildman–Crippen LogP) is 2.65. The molecular weight excluding hydrogens is 294 g/mol. The second kappa shape index (κ2) is 5.68. The van der Waals surface area contributed by atoms with Crippen molar-refractivity contribution in [2.75, 3.05) is 5.32 Å². The lowest BCUT2D eigenvalue weighted by Gasteiger charge is -2.07. The van der Waals surface area contributed by atoms with E-state index in [4.69, 9.17) is 4.42 Å². The van der Waals surface area contributed by atoms with Crippen molar-refractivity contribution in [1.82, 2.24) is 20.2 Å². The van der Waals surface area contributed by atoms with Gasteiger partial charge in [0, 0.05) is 23.9 Å². The Labute approximate surface area is 133 Å². The van der Waals surface area contributed by atoms with Crippen LogP contribution in [0.2, 0.25) is 0 Å². The molecule has 0 unspecified atom stereocenters. The molecule has 0 aliphatic rings. The first-order chi connectivity index (χ1) is 11.0. The number of aryl methyl sites for hydroxylation is 3. The Morgan fingerprint density at radius 1 is 1.22 bits per heavy atom. The fraction of sp³-hybridized carbons (Fsp3) is 0.250. The van der Waals surface area contributed by atoms with Crippen LogP contribution < -0.4 is 5.32 Å². The molecule has 1 N–H and O–H groups in total. The first-order valence-corrected chi connectivity index (χ1v) is 7.18. The molecule has 1 amide bonds. The largest absolute Gasteiger partial charge is 0.466 e. The van der Waals surface area contributed by atoms with Crippen molar-refractivity contribution in [2.45, 2.75) is 20.8 Å². The summed E-state index contributed by atoms with van der Waals surface area (Å²) in [6.45, 7) is 5.51. The normalized spacial score (nSPS) is 10.8. The summed E-state index contributed by atoms with van der Waals surface area (Å²) in [4.78, 5) is 12.5. The molecular formula is C16H17N5O2. The van der Waals surface area contributed by atoms with E-state index < -0.39 is 0 Å². The summed E-state index contributed by atoms with van der Waals surface area (Å²) >= 11 is 0. The van der Waals surface area contributed by atoms with Crippen molar-refractivity contribution in [2.24, 2.45) is 7.05 Å². The number of aromatic nitrogens is 4. The number of hydrogen-bond acceptors (Lipinski definition) is 5. The maximum Gasteiger partial charge on any atom is 0.259 e. The van der Waals surface area contributed by atoms with E-state index in [1.165, 1.54) is 0 Å². The molecule has 0 spiro atoms. The van der Waals surface area contributed by atoms with Crippen LogP contribution in [0.15, 0.2) is 28.7 Å². The van der Waals surface area contributed by atoms with Crippen LogP contribution in [0.5, 0.6) is 0 Å². The minimum Gasteiger partial charge on any atom is -0.466 e. The third-order valence-corrected chi connectivity index (χ3v) is 3.79. The number of hydrogen-bond donors (Lipinski definition) is 1. The van der Waals surface area contributed by atoms with Crippen molar-refractivity contribution >= 4 is 11.6 Å². The molecule has 2 aromatic heterocycles. The quantitative estimate of drug-likeness (QED) is 0.803. The second-order valence-electron chi connectivity index (χ2n) is 5.38. The minimum absolute atomic E-state index is 0.190. The van der Waals surface area contributed by atoms with Gasteiger partial charge in [0.25, 0.3) is 5.91 Å². The van der Waals surface area contributed by atoms with E-state index >= 15 is 0 Å². The zero-order valence-electron chi connectivity index (χ0n) is 13.4. The molecule has 7 heteroatoms. The molecule has 0 atom stereocenters. The van der Waals surface area contributed by atoms with Crippen LogP contribution in [-0.4, -0.2) is 26.1 Å². The molecule has 0 aliphatic heterocycles. The molecule has 0 bridgehead atoms. The molecule has 0 saturated heterocycles. The first kappa shape index (κ1) is 15.0. The molecule has 2 heterocycles. The third kappa shape index (κ3) is 2.73. The number of furan rings is 1. The van der Waals surface area contributed by atoms with Crippen LogP contribution in [0, 0.1) is 20.8 Å². The number of tetrazole rings is 1. The summed E-state index contributed by atoms with van der Waals surface area (Å²) in [5, 5.41) is 14.3. The lowest BCUT2D eigenvalue weighted by atomic mass is 10.1. The Kier molecular flexibility index (Phi) is 3.69. The van der Waals surface area contributed by atoms with Gasteiger partial charge in [-0.15, -0.1) is 5.10 Å². The Morgan fingerprint density at radius 2 is 2.00 bits per heavy atom. The molecule has 3 rings (SSSR count). The average molecular weight is 311 g/mol. The van der Waals surface area contributed by atoms with Gasteiger partial charge in [-0.2, -0.15) is 0 Å². The second-order valence-corrected chi connectivity index (χ2v) is 5.38. The van der Waals surface area contributed by atoms with E-state index in [2.05, 4.69) is 20.8 Å². The van der Waals surface area contributed by atoms with Gasteiger partial charge in [0.1, 0.15) is 11.5 Å². The van der Waals surface area contributed by atoms with Crippen LogP contribution in [-0.2, 0) is 7.05 Å². The summed E-state index contributed by atoms with van der Waals surface area (Å²) < 4.78 is 7.09. The Bertz CT molecular complexity index is 878. The molecule has 0 fully saturated rings. The van der Waals surface area contributed by atoms with Crippen molar-refractivity contribution < 1.29 is 9.21 Å².